The van der Waals surface area contributed by atoms with E-state index in [4.69, 9.17) is 10.00 Å². The minimum atomic E-state index is -0.843. The predicted octanol–water partition coefficient (Wildman–Crippen LogP) is 3.26. The number of hydrogen-bond donors (Lipinski definition) is 0. The third-order valence-corrected chi connectivity index (χ3v) is 2.37. The molecule has 0 aromatic heterocycles. The van der Waals surface area contributed by atoms with Crippen LogP contribution in [0, 0.1) is 28.9 Å². The van der Waals surface area contributed by atoms with Crippen LogP contribution in [0.4, 0.5) is 8.78 Å². The zero-order valence-electron chi connectivity index (χ0n) is 9.42. The molecular formula is C12H13F2NO. The third kappa shape index (κ3) is 2.69. The molecule has 0 heterocycles. The van der Waals surface area contributed by atoms with Gasteiger partial charge >= 0.3 is 0 Å². The van der Waals surface area contributed by atoms with Gasteiger partial charge in [0.05, 0.1) is 17.7 Å². The number of benzene rings is 1. The van der Waals surface area contributed by atoms with Gasteiger partial charge in [-0.1, -0.05) is 13.8 Å². The Kier molecular flexibility index (Phi) is 3.83. The average Bonchev–Trinajstić information content (AvgIpc) is 2.22. The van der Waals surface area contributed by atoms with E-state index < -0.39 is 17.4 Å². The van der Waals surface area contributed by atoms with Crippen LogP contribution in [0.25, 0.3) is 0 Å². The molecule has 16 heavy (non-hydrogen) atoms. The summed E-state index contributed by atoms with van der Waals surface area (Å²) >= 11 is 0. The van der Waals surface area contributed by atoms with E-state index in [9.17, 15) is 8.78 Å². The van der Waals surface area contributed by atoms with Crippen LogP contribution in [-0.2, 0) is 0 Å². The van der Waals surface area contributed by atoms with Gasteiger partial charge in [-0.25, -0.2) is 8.78 Å². The van der Waals surface area contributed by atoms with E-state index >= 15 is 0 Å². The van der Waals surface area contributed by atoms with E-state index in [1.54, 1.807) is 13.0 Å². The van der Waals surface area contributed by atoms with E-state index in [-0.39, 0.29) is 17.6 Å². The van der Waals surface area contributed by atoms with Crippen molar-refractivity contribution in [2.24, 2.45) is 5.92 Å². The summed E-state index contributed by atoms with van der Waals surface area (Å²) in [4.78, 5) is 0. The largest absolute Gasteiger partial charge is 0.484 e. The highest BCUT2D eigenvalue weighted by atomic mass is 19.1. The minimum Gasteiger partial charge on any atom is -0.484 e. The molecule has 0 fully saturated rings. The third-order valence-electron chi connectivity index (χ3n) is 2.37. The lowest BCUT2D eigenvalue weighted by Gasteiger charge is -2.18. The number of nitriles is 1. The molecule has 1 atom stereocenters. The quantitative estimate of drug-likeness (QED) is 0.791. The molecule has 0 amide bonds. The Morgan fingerprint density at radius 1 is 1.19 bits per heavy atom. The predicted molar refractivity (Wildman–Crippen MR) is 56.0 cm³/mol. The molecule has 1 aromatic carbocycles. The first kappa shape index (κ1) is 12.4. The van der Waals surface area contributed by atoms with Gasteiger partial charge in [0.2, 0.25) is 0 Å². The Hall–Kier alpha value is -1.63. The molecule has 0 aliphatic carbocycles. The van der Waals surface area contributed by atoms with Gasteiger partial charge in [0.15, 0.2) is 17.4 Å². The molecule has 0 aliphatic rings. The lowest BCUT2D eigenvalue weighted by molar-refractivity contribution is 0.155. The lowest BCUT2D eigenvalue weighted by atomic mass is 10.1. The van der Waals surface area contributed by atoms with Crippen LogP contribution in [0.3, 0.4) is 0 Å². The summed E-state index contributed by atoms with van der Waals surface area (Å²) in [6, 6.07) is 3.60. The maximum absolute atomic E-state index is 13.4. The Morgan fingerprint density at radius 3 is 2.06 bits per heavy atom. The van der Waals surface area contributed by atoms with Crippen molar-refractivity contribution >= 4 is 0 Å². The first-order chi connectivity index (χ1) is 7.45. The molecule has 0 aliphatic heterocycles. The van der Waals surface area contributed by atoms with Gasteiger partial charge in [-0.2, -0.15) is 5.26 Å². The summed E-state index contributed by atoms with van der Waals surface area (Å²) in [7, 11) is 0. The zero-order valence-corrected chi connectivity index (χ0v) is 9.42. The number of hydrogen-bond acceptors (Lipinski definition) is 2. The minimum absolute atomic E-state index is 0.0560. The summed E-state index contributed by atoms with van der Waals surface area (Å²) in [6.07, 6.45) is -0.295. The van der Waals surface area contributed by atoms with Crippen molar-refractivity contribution in [3.63, 3.8) is 0 Å². The average molecular weight is 225 g/mol. The molecule has 0 spiro atoms. The van der Waals surface area contributed by atoms with Crippen LogP contribution < -0.4 is 4.74 Å². The fourth-order valence-electron chi connectivity index (χ4n) is 1.06. The van der Waals surface area contributed by atoms with Gasteiger partial charge in [0.1, 0.15) is 0 Å². The second-order valence-corrected chi connectivity index (χ2v) is 3.95. The number of rotatable bonds is 3. The first-order valence-electron chi connectivity index (χ1n) is 5.01. The monoisotopic (exact) mass is 225 g/mol. The molecule has 0 saturated carbocycles. The topological polar surface area (TPSA) is 33.0 Å². The van der Waals surface area contributed by atoms with E-state index in [1.807, 2.05) is 13.8 Å². The van der Waals surface area contributed by atoms with Gasteiger partial charge < -0.3 is 4.74 Å². The van der Waals surface area contributed by atoms with Crippen molar-refractivity contribution in [3.8, 4) is 11.8 Å². The van der Waals surface area contributed by atoms with E-state index in [0.717, 1.165) is 12.1 Å². The summed E-state index contributed by atoms with van der Waals surface area (Å²) in [5, 5.41) is 8.52. The molecule has 86 valence electrons. The highest BCUT2D eigenvalue weighted by Gasteiger charge is 2.17. The smallest absolute Gasteiger partial charge is 0.191 e. The molecule has 0 radical (unpaired) electrons. The van der Waals surface area contributed by atoms with Crippen molar-refractivity contribution in [3.05, 3.63) is 29.3 Å². The maximum atomic E-state index is 13.4. The van der Waals surface area contributed by atoms with Gasteiger partial charge in [0, 0.05) is 0 Å². The molecule has 0 bridgehead atoms. The summed E-state index contributed by atoms with van der Waals surface area (Å²) in [5.41, 5.74) is -0.0560. The Labute approximate surface area is 93.5 Å². The van der Waals surface area contributed by atoms with Gasteiger partial charge in [0.25, 0.3) is 0 Å². The summed E-state index contributed by atoms with van der Waals surface area (Å²) in [5.74, 6) is -1.96. The Bertz CT molecular complexity index is 401. The SMILES string of the molecule is CC(C)C(C)Oc1c(F)cc(C#N)cc1F. The maximum Gasteiger partial charge on any atom is 0.191 e. The van der Waals surface area contributed by atoms with Crippen molar-refractivity contribution in [2.75, 3.05) is 0 Å². The molecule has 1 aromatic rings. The van der Waals surface area contributed by atoms with Gasteiger partial charge in [-0.05, 0) is 25.0 Å². The molecule has 1 rings (SSSR count). The van der Waals surface area contributed by atoms with Crippen LogP contribution in [-0.4, -0.2) is 6.10 Å². The van der Waals surface area contributed by atoms with Gasteiger partial charge in [-0.15, -0.1) is 0 Å². The van der Waals surface area contributed by atoms with Gasteiger partial charge in [-0.3, -0.25) is 0 Å². The fraction of sp³-hybridized carbons (Fsp3) is 0.417. The van der Waals surface area contributed by atoms with Crippen molar-refractivity contribution < 1.29 is 13.5 Å². The van der Waals surface area contributed by atoms with Crippen molar-refractivity contribution in [1.29, 1.82) is 5.26 Å². The number of halogens is 2. The van der Waals surface area contributed by atoms with Crippen LogP contribution in [0.5, 0.6) is 5.75 Å². The molecule has 1 unspecified atom stereocenters. The Morgan fingerprint density at radius 2 is 1.69 bits per heavy atom. The van der Waals surface area contributed by atoms with Crippen molar-refractivity contribution in [1.82, 2.24) is 0 Å². The zero-order chi connectivity index (χ0) is 12.3. The fourth-order valence-corrected chi connectivity index (χ4v) is 1.06. The molecule has 0 saturated heterocycles. The molecule has 2 nitrogen and oxygen atoms in total. The van der Waals surface area contributed by atoms with Crippen LogP contribution in [0.15, 0.2) is 12.1 Å². The van der Waals surface area contributed by atoms with E-state index in [2.05, 4.69) is 0 Å². The number of ether oxygens (including phenoxy) is 1. The van der Waals surface area contributed by atoms with Crippen LogP contribution in [0.2, 0.25) is 0 Å². The summed E-state index contributed by atoms with van der Waals surface area (Å²) < 4.78 is 32.0. The normalized spacial score (nSPS) is 12.3. The second-order valence-electron chi connectivity index (χ2n) is 3.95. The molecular weight excluding hydrogens is 212 g/mol. The molecule has 0 N–H and O–H groups in total. The van der Waals surface area contributed by atoms with Crippen LogP contribution in [0.1, 0.15) is 26.3 Å². The second kappa shape index (κ2) is 4.93. The van der Waals surface area contributed by atoms with Crippen molar-refractivity contribution in [2.45, 2.75) is 26.9 Å². The molecule has 4 heteroatoms. The standard InChI is InChI=1S/C12H13F2NO/c1-7(2)8(3)16-12-10(13)4-9(6-15)5-11(12)14/h4-5,7-8H,1-3H3. The van der Waals surface area contributed by atoms with Crippen LogP contribution >= 0.6 is 0 Å². The first-order valence-corrected chi connectivity index (χ1v) is 5.01. The Balaban J connectivity index is 3.02. The highest BCUT2D eigenvalue weighted by molar-refractivity contribution is 5.37. The van der Waals surface area contributed by atoms with E-state index in [1.165, 1.54) is 0 Å². The summed E-state index contributed by atoms with van der Waals surface area (Å²) in [6.45, 7) is 5.52. The lowest BCUT2D eigenvalue weighted by Crippen LogP contribution is -2.20. The highest BCUT2D eigenvalue weighted by Crippen LogP contribution is 2.25. The van der Waals surface area contributed by atoms with E-state index in [0.29, 0.717) is 0 Å². The number of nitrogens with zero attached hydrogens (tertiary/aromatic N) is 1.